The van der Waals surface area contributed by atoms with Gasteiger partial charge in [0.1, 0.15) is 0 Å². The van der Waals surface area contributed by atoms with Crippen molar-refractivity contribution in [1.29, 1.82) is 0 Å². The summed E-state index contributed by atoms with van der Waals surface area (Å²) in [6.45, 7) is 8.79. The van der Waals surface area contributed by atoms with E-state index in [0.717, 1.165) is 31.8 Å². The Labute approximate surface area is 105 Å². The van der Waals surface area contributed by atoms with Crippen LogP contribution in [0.25, 0.3) is 6.08 Å². The summed E-state index contributed by atoms with van der Waals surface area (Å²) >= 11 is 0. The summed E-state index contributed by atoms with van der Waals surface area (Å²) < 4.78 is 1.96. The lowest BCUT2D eigenvalue weighted by Gasteiger charge is -2.04. The molecule has 1 aromatic rings. The van der Waals surface area contributed by atoms with Crippen molar-refractivity contribution in [2.75, 3.05) is 13.1 Å². The van der Waals surface area contributed by atoms with Crippen molar-refractivity contribution >= 4 is 6.08 Å². The summed E-state index contributed by atoms with van der Waals surface area (Å²) in [6, 6.07) is 0. The predicted molar refractivity (Wildman–Crippen MR) is 73.9 cm³/mol. The number of hydrogen-bond acceptors (Lipinski definition) is 2. The van der Waals surface area contributed by atoms with Gasteiger partial charge in [-0.05, 0) is 31.8 Å². The van der Waals surface area contributed by atoms with Gasteiger partial charge in [0.25, 0.3) is 0 Å². The van der Waals surface area contributed by atoms with E-state index in [-0.39, 0.29) is 0 Å². The van der Waals surface area contributed by atoms with Gasteiger partial charge in [-0.25, -0.2) is 0 Å². The first-order chi connectivity index (χ1) is 8.15. The Kier molecular flexibility index (Phi) is 5.98. The first kappa shape index (κ1) is 14.0. The third-order valence-electron chi connectivity index (χ3n) is 2.74. The van der Waals surface area contributed by atoms with Crippen LogP contribution in [0, 0.1) is 5.92 Å². The molecule has 1 heterocycles. The fourth-order valence-corrected chi connectivity index (χ4v) is 1.79. The molecule has 96 valence electrons. The number of nitrogens with zero attached hydrogens (tertiary/aromatic N) is 2. The molecule has 0 aromatic carbocycles. The molecular weight excluding hydrogens is 210 g/mol. The zero-order valence-corrected chi connectivity index (χ0v) is 11.5. The van der Waals surface area contributed by atoms with Crippen molar-refractivity contribution in [2.24, 2.45) is 13.0 Å². The van der Waals surface area contributed by atoms with Crippen molar-refractivity contribution < 1.29 is 0 Å². The van der Waals surface area contributed by atoms with E-state index in [4.69, 9.17) is 0 Å². The molecule has 0 aliphatic heterocycles. The van der Waals surface area contributed by atoms with Gasteiger partial charge in [0.05, 0.1) is 6.20 Å². The van der Waals surface area contributed by atoms with E-state index >= 15 is 0 Å². The van der Waals surface area contributed by atoms with E-state index in [1.807, 2.05) is 17.9 Å². The van der Waals surface area contributed by atoms with Crippen molar-refractivity contribution in [3.63, 3.8) is 0 Å². The standard InChI is InChI=1S/C8H10N2.C6H15N/c1-10-8-5-3-2-4-7(8)6-9-10;1-4-7-5-6(2)3/h2,4,6H,3,5H2,1H3;6-7H,4-5H2,1-3H3. The summed E-state index contributed by atoms with van der Waals surface area (Å²) in [5.41, 5.74) is 2.65. The average molecular weight is 235 g/mol. The molecule has 3 heteroatoms. The fourth-order valence-electron chi connectivity index (χ4n) is 1.79. The lowest BCUT2D eigenvalue weighted by atomic mass is 10.1. The Morgan fingerprint density at radius 3 is 2.76 bits per heavy atom. The molecule has 3 nitrogen and oxygen atoms in total. The molecule has 0 spiro atoms. The summed E-state index contributed by atoms with van der Waals surface area (Å²) in [6.07, 6.45) is 8.57. The molecule has 0 radical (unpaired) electrons. The van der Waals surface area contributed by atoms with E-state index in [1.54, 1.807) is 0 Å². The highest BCUT2D eigenvalue weighted by Crippen LogP contribution is 2.16. The van der Waals surface area contributed by atoms with Gasteiger partial charge in [0, 0.05) is 18.3 Å². The van der Waals surface area contributed by atoms with Gasteiger partial charge in [-0.2, -0.15) is 5.10 Å². The van der Waals surface area contributed by atoms with Crippen LogP contribution in [0.3, 0.4) is 0 Å². The zero-order chi connectivity index (χ0) is 12.7. The topological polar surface area (TPSA) is 29.9 Å². The van der Waals surface area contributed by atoms with Gasteiger partial charge in [-0.1, -0.05) is 32.9 Å². The minimum Gasteiger partial charge on any atom is -0.317 e. The van der Waals surface area contributed by atoms with E-state index in [9.17, 15) is 0 Å². The van der Waals surface area contributed by atoms with Crippen molar-refractivity contribution in [3.05, 3.63) is 23.5 Å². The number of rotatable bonds is 3. The highest BCUT2D eigenvalue weighted by Gasteiger charge is 2.07. The van der Waals surface area contributed by atoms with Gasteiger partial charge >= 0.3 is 0 Å². The third kappa shape index (κ3) is 4.73. The van der Waals surface area contributed by atoms with Crippen LogP contribution in [0.2, 0.25) is 0 Å². The second-order valence-corrected chi connectivity index (χ2v) is 4.81. The summed E-state index contributed by atoms with van der Waals surface area (Å²) in [4.78, 5) is 0. The lowest BCUT2D eigenvalue weighted by molar-refractivity contribution is 0.566. The van der Waals surface area contributed by atoms with Crippen molar-refractivity contribution in [1.82, 2.24) is 15.1 Å². The van der Waals surface area contributed by atoms with Crippen LogP contribution in [-0.2, 0) is 13.5 Å². The van der Waals surface area contributed by atoms with E-state index < -0.39 is 0 Å². The number of aromatic nitrogens is 2. The van der Waals surface area contributed by atoms with Crippen molar-refractivity contribution in [3.8, 4) is 0 Å². The number of nitrogens with one attached hydrogen (secondary N) is 1. The van der Waals surface area contributed by atoms with Gasteiger partial charge in [0.2, 0.25) is 0 Å². The van der Waals surface area contributed by atoms with Crippen LogP contribution < -0.4 is 5.32 Å². The molecule has 17 heavy (non-hydrogen) atoms. The monoisotopic (exact) mass is 235 g/mol. The second-order valence-electron chi connectivity index (χ2n) is 4.81. The molecule has 0 bridgehead atoms. The Morgan fingerprint density at radius 2 is 2.24 bits per heavy atom. The molecule has 1 N–H and O–H groups in total. The molecule has 0 saturated heterocycles. The predicted octanol–water partition coefficient (Wildman–Crippen LogP) is 2.63. The fraction of sp³-hybridized carbons (Fsp3) is 0.643. The van der Waals surface area contributed by atoms with Crippen LogP contribution >= 0.6 is 0 Å². The lowest BCUT2D eigenvalue weighted by Crippen LogP contribution is -2.18. The quantitative estimate of drug-likeness (QED) is 0.873. The normalized spacial score (nSPS) is 13.2. The SMILES string of the molecule is CCNCC(C)C.Cn1ncc2c1CCC=C2. The first-order valence-corrected chi connectivity index (χ1v) is 6.53. The number of fused-ring (bicyclic) bond motifs is 1. The van der Waals surface area contributed by atoms with E-state index in [1.165, 1.54) is 11.3 Å². The van der Waals surface area contributed by atoms with Crippen LogP contribution in [-0.4, -0.2) is 22.9 Å². The maximum atomic E-state index is 4.16. The van der Waals surface area contributed by atoms with E-state index in [2.05, 4.69) is 43.3 Å². The largest absolute Gasteiger partial charge is 0.317 e. The minimum absolute atomic E-state index is 0.792. The molecule has 0 atom stereocenters. The van der Waals surface area contributed by atoms with Crippen molar-refractivity contribution in [2.45, 2.75) is 33.6 Å². The molecule has 0 saturated carbocycles. The highest BCUT2D eigenvalue weighted by molar-refractivity contribution is 5.53. The summed E-state index contributed by atoms with van der Waals surface area (Å²) in [7, 11) is 2.00. The second kappa shape index (κ2) is 7.28. The van der Waals surface area contributed by atoms with E-state index in [0.29, 0.717) is 0 Å². The Bertz CT molecular complexity index is 350. The number of hydrogen-bond donors (Lipinski definition) is 1. The minimum atomic E-state index is 0.792. The van der Waals surface area contributed by atoms with Gasteiger partial charge in [-0.15, -0.1) is 0 Å². The summed E-state index contributed by atoms with van der Waals surface area (Å²) in [5, 5.41) is 7.41. The molecule has 1 aromatic heterocycles. The molecule has 1 aliphatic rings. The molecule has 0 fully saturated rings. The van der Waals surface area contributed by atoms with Crippen LogP contribution in [0.5, 0.6) is 0 Å². The third-order valence-corrected chi connectivity index (χ3v) is 2.74. The molecular formula is C14H25N3. The van der Waals surface area contributed by atoms with Crippen LogP contribution in [0.1, 0.15) is 38.4 Å². The number of allylic oxidation sites excluding steroid dienone is 1. The zero-order valence-electron chi connectivity index (χ0n) is 11.5. The Hall–Kier alpha value is -1.09. The Morgan fingerprint density at radius 1 is 1.47 bits per heavy atom. The van der Waals surface area contributed by atoms with Gasteiger partial charge < -0.3 is 5.32 Å². The Balaban J connectivity index is 0.000000185. The molecule has 0 amide bonds. The maximum Gasteiger partial charge on any atom is 0.0564 e. The maximum absolute atomic E-state index is 4.16. The van der Waals surface area contributed by atoms with Gasteiger partial charge in [0.15, 0.2) is 0 Å². The highest BCUT2D eigenvalue weighted by atomic mass is 15.3. The smallest absolute Gasteiger partial charge is 0.0564 e. The van der Waals surface area contributed by atoms with Gasteiger partial charge in [-0.3, -0.25) is 4.68 Å². The summed E-state index contributed by atoms with van der Waals surface area (Å²) in [5.74, 6) is 0.792. The molecule has 2 rings (SSSR count). The van der Waals surface area contributed by atoms with Crippen LogP contribution in [0.4, 0.5) is 0 Å². The average Bonchev–Trinajstić information content (AvgIpc) is 2.70. The van der Waals surface area contributed by atoms with Crippen LogP contribution in [0.15, 0.2) is 12.3 Å². The molecule has 1 aliphatic carbocycles. The number of aryl methyl sites for hydroxylation is 1. The first-order valence-electron chi connectivity index (χ1n) is 6.53. The molecule has 0 unspecified atom stereocenters.